The molecule has 19 heavy (non-hydrogen) atoms. The maximum Gasteiger partial charge on any atom is 0.411 e. The molecule has 1 atom stereocenters. The topological polar surface area (TPSA) is 44.5 Å². The van der Waals surface area contributed by atoms with E-state index in [2.05, 4.69) is 4.74 Å². The van der Waals surface area contributed by atoms with Crippen LogP contribution in [0.2, 0.25) is 0 Å². The Hall–Kier alpha value is -1.34. The zero-order chi connectivity index (χ0) is 14.5. The third-order valence-corrected chi connectivity index (χ3v) is 2.22. The van der Waals surface area contributed by atoms with Gasteiger partial charge in [0, 0.05) is 17.7 Å². The third kappa shape index (κ3) is 5.89. The second kappa shape index (κ2) is 6.72. The van der Waals surface area contributed by atoms with Crippen molar-refractivity contribution in [3.63, 3.8) is 0 Å². The number of ether oxygens (including phenoxy) is 2. The fourth-order valence-electron chi connectivity index (χ4n) is 1.37. The van der Waals surface area contributed by atoms with E-state index in [9.17, 15) is 17.6 Å². The first-order valence-electron chi connectivity index (χ1n) is 5.62. The van der Waals surface area contributed by atoms with Crippen LogP contribution in [0.15, 0.2) is 18.2 Å². The number of halogens is 4. The van der Waals surface area contributed by atoms with Gasteiger partial charge in [0.1, 0.15) is 24.8 Å². The zero-order valence-corrected chi connectivity index (χ0v) is 10.3. The fourth-order valence-corrected chi connectivity index (χ4v) is 1.37. The van der Waals surface area contributed by atoms with Crippen molar-refractivity contribution in [3.8, 4) is 5.75 Å². The second-order valence-corrected chi connectivity index (χ2v) is 3.99. The van der Waals surface area contributed by atoms with E-state index in [1.807, 2.05) is 0 Å². The molecule has 1 aromatic rings. The Kier molecular flexibility index (Phi) is 5.56. The Morgan fingerprint density at radius 1 is 1.26 bits per heavy atom. The van der Waals surface area contributed by atoms with Gasteiger partial charge in [0.05, 0.1) is 6.61 Å². The number of hydrogen-bond acceptors (Lipinski definition) is 3. The molecule has 3 nitrogen and oxygen atoms in total. The third-order valence-electron chi connectivity index (χ3n) is 2.22. The summed E-state index contributed by atoms with van der Waals surface area (Å²) in [5, 5.41) is 0. The molecule has 0 bridgehead atoms. The number of alkyl halides is 3. The summed E-state index contributed by atoms with van der Waals surface area (Å²) in [5.74, 6) is -0.291. The van der Waals surface area contributed by atoms with Crippen LogP contribution in [-0.4, -0.2) is 26.0 Å². The normalized spacial score (nSPS) is 13.4. The van der Waals surface area contributed by atoms with Gasteiger partial charge in [0.25, 0.3) is 0 Å². The molecule has 0 saturated carbocycles. The highest BCUT2D eigenvalue weighted by Gasteiger charge is 2.27. The van der Waals surface area contributed by atoms with Gasteiger partial charge in [-0.2, -0.15) is 13.2 Å². The Morgan fingerprint density at radius 2 is 1.95 bits per heavy atom. The summed E-state index contributed by atoms with van der Waals surface area (Å²) < 4.78 is 58.2. The molecule has 7 heteroatoms. The molecule has 0 saturated heterocycles. The van der Waals surface area contributed by atoms with E-state index >= 15 is 0 Å². The highest BCUT2D eigenvalue weighted by molar-refractivity contribution is 5.30. The van der Waals surface area contributed by atoms with E-state index in [1.54, 1.807) is 6.92 Å². The standard InChI is InChI=1S/C12H15F4NO2/c1-8(17)10-3-2-9(6-11(10)13)19-5-4-18-7-12(14,15)16/h2-3,6,8H,4-5,7,17H2,1H3/t8-/m1/s1. The van der Waals surface area contributed by atoms with Crippen LogP contribution in [-0.2, 0) is 4.74 Å². The molecular formula is C12H15F4NO2. The molecule has 0 unspecified atom stereocenters. The van der Waals surface area contributed by atoms with E-state index in [-0.39, 0.29) is 19.0 Å². The lowest BCUT2D eigenvalue weighted by Gasteiger charge is -2.11. The predicted octanol–water partition coefficient (Wildman–Crippen LogP) is 2.80. The minimum atomic E-state index is -4.36. The van der Waals surface area contributed by atoms with E-state index in [4.69, 9.17) is 10.5 Å². The van der Waals surface area contributed by atoms with Crippen molar-refractivity contribution in [2.24, 2.45) is 5.73 Å². The molecular weight excluding hydrogens is 266 g/mol. The van der Waals surface area contributed by atoms with Crippen molar-refractivity contribution in [2.75, 3.05) is 19.8 Å². The molecule has 0 amide bonds. The summed E-state index contributed by atoms with van der Waals surface area (Å²) in [7, 11) is 0. The van der Waals surface area contributed by atoms with Crippen molar-refractivity contribution in [1.29, 1.82) is 0 Å². The molecule has 2 N–H and O–H groups in total. The van der Waals surface area contributed by atoms with Crippen LogP contribution in [0.25, 0.3) is 0 Å². The van der Waals surface area contributed by atoms with Crippen molar-refractivity contribution in [3.05, 3.63) is 29.6 Å². The van der Waals surface area contributed by atoms with Crippen molar-refractivity contribution < 1.29 is 27.0 Å². The van der Waals surface area contributed by atoms with Gasteiger partial charge in [-0.1, -0.05) is 6.07 Å². The van der Waals surface area contributed by atoms with Crippen LogP contribution >= 0.6 is 0 Å². The maximum absolute atomic E-state index is 13.5. The fraction of sp³-hybridized carbons (Fsp3) is 0.500. The highest BCUT2D eigenvalue weighted by Crippen LogP contribution is 2.20. The van der Waals surface area contributed by atoms with Gasteiger partial charge in [-0.05, 0) is 13.0 Å². The van der Waals surface area contributed by atoms with E-state index in [1.165, 1.54) is 12.1 Å². The summed E-state index contributed by atoms with van der Waals surface area (Å²) in [6.45, 7) is 0.00147. The van der Waals surface area contributed by atoms with Crippen LogP contribution in [0.4, 0.5) is 17.6 Å². The SMILES string of the molecule is C[C@@H](N)c1ccc(OCCOCC(F)(F)F)cc1F. The molecule has 0 fully saturated rings. The van der Waals surface area contributed by atoms with E-state index in [0.29, 0.717) is 5.56 Å². The first-order chi connectivity index (χ1) is 8.79. The Bertz CT molecular complexity index is 407. The molecule has 0 aliphatic heterocycles. The van der Waals surface area contributed by atoms with Crippen molar-refractivity contribution >= 4 is 0 Å². The van der Waals surface area contributed by atoms with Gasteiger partial charge < -0.3 is 15.2 Å². The van der Waals surface area contributed by atoms with Crippen LogP contribution < -0.4 is 10.5 Å². The summed E-state index contributed by atoms with van der Waals surface area (Å²) in [4.78, 5) is 0. The zero-order valence-electron chi connectivity index (χ0n) is 10.3. The predicted molar refractivity (Wildman–Crippen MR) is 61.4 cm³/mol. The first kappa shape index (κ1) is 15.7. The minimum absolute atomic E-state index is 0.0902. The molecule has 0 aliphatic rings. The van der Waals surface area contributed by atoms with Gasteiger partial charge in [-0.3, -0.25) is 0 Å². The summed E-state index contributed by atoms with van der Waals surface area (Å²) in [6.07, 6.45) is -4.36. The van der Waals surface area contributed by atoms with E-state index < -0.39 is 24.6 Å². The highest BCUT2D eigenvalue weighted by atomic mass is 19.4. The minimum Gasteiger partial charge on any atom is -0.491 e. The molecule has 0 heterocycles. The lowest BCUT2D eigenvalue weighted by Crippen LogP contribution is -2.19. The molecule has 108 valence electrons. The van der Waals surface area contributed by atoms with E-state index in [0.717, 1.165) is 6.07 Å². The monoisotopic (exact) mass is 281 g/mol. The quantitative estimate of drug-likeness (QED) is 0.644. The number of benzene rings is 1. The van der Waals surface area contributed by atoms with Gasteiger partial charge in [-0.25, -0.2) is 4.39 Å². The Labute approximate surface area is 108 Å². The first-order valence-corrected chi connectivity index (χ1v) is 5.62. The number of hydrogen-bond donors (Lipinski definition) is 1. The molecule has 1 aromatic carbocycles. The van der Waals surface area contributed by atoms with Gasteiger partial charge in [-0.15, -0.1) is 0 Å². The average Bonchev–Trinajstić information content (AvgIpc) is 2.26. The number of rotatable bonds is 6. The second-order valence-electron chi connectivity index (χ2n) is 3.99. The molecule has 0 aliphatic carbocycles. The molecule has 0 radical (unpaired) electrons. The molecule has 0 spiro atoms. The van der Waals surface area contributed by atoms with Crippen molar-refractivity contribution in [1.82, 2.24) is 0 Å². The molecule has 1 rings (SSSR count). The van der Waals surface area contributed by atoms with Gasteiger partial charge >= 0.3 is 6.18 Å². The summed E-state index contributed by atoms with van der Waals surface area (Å²) in [5.41, 5.74) is 5.89. The molecule has 0 aromatic heterocycles. The van der Waals surface area contributed by atoms with Gasteiger partial charge in [0.15, 0.2) is 0 Å². The smallest absolute Gasteiger partial charge is 0.411 e. The van der Waals surface area contributed by atoms with Crippen LogP contribution in [0.5, 0.6) is 5.75 Å². The largest absolute Gasteiger partial charge is 0.491 e. The maximum atomic E-state index is 13.5. The summed E-state index contributed by atoms with van der Waals surface area (Å²) in [6, 6.07) is 3.68. The van der Waals surface area contributed by atoms with Crippen LogP contribution in [0, 0.1) is 5.82 Å². The lowest BCUT2D eigenvalue weighted by molar-refractivity contribution is -0.175. The van der Waals surface area contributed by atoms with Crippen molar-refractivity contribution in [2.45, 2.75) is 19.1 Å². The summed E-state index contributed by atoms with van der Waals surface area (Å²) >= 11 is 0. The van der Waals surface area contributed by atoms with Crippen LogP contribution in [0.3, 0.4) is 0 Å². The lowest BCUT2D eigenvalue weighted by atomic mass is 10.1. The van der Waals surface area contributed by atoms with Gasteiger partial charge in [0.2, 0.25) is 0 Å². The average molecular weight is 281 g/mol. The Balaban J connectivity index is 2.36. The van der Waals surface area contributed by atoms with Crippen LogP contribution in [0.1, 0.15) is 18.5 Å². The number of nitrogens with two attached hydrogens (primary N) is 1. The Morgan fingerprint density at radius 3 is 2.47 bits per heavy atom.